The van der Waals surface area contributed by atoms with Gasteiger partial charge in [0.25, 0.3) is 0 Å². The number of alkyl halides is 3. The van der Waals surface area contributed by atoms with Gasteiger partial charge in [-0.25, -0.2) is 4.79 Å². The van der Waals surface area contributed by atoms with Crippen molar-refractivity contribution < 1.29 is 27.4 Å². The number of carbonyl (C=O) groups excluding carboxylic acids is 1. The minimum Gasteiger partial charge on any atom is -0.456 e. The molecule has 0 heterocycles. The molecular formula is C6H9F3O3. The molecule has 0 rings (SSSR count). The van der Waals surface area contributed by atoms with E-state index in [0.29, 0.717) is 0 Å². The first kappa shape index (κ1) is 11.2. The summed E-state index contributed by atoms with van der Waals surface area (Å²) < 4.78 is 42.9. The Kier molecular flexibility index (Phi) is 4.02. The van der Waals surface area contributed by atoms with Crippen LogP contribution in [0.15, 0.2) is 0 Å². The SMILES string of the molecule is COC(C)COC(=O)C(F)(F)F. The summed E-state index contributed by atoms with van der Waals surface area (Å²) in [4.78, 5) is 10.1. The Labute approximate surface area is 67.4 Å². The molecule has 1 atom stereocenters. The first-order valence-electron chi connectivity index (χ1n) is 3.14. The number of carbonyl (C=O) groups is 1. The summed E-state index contributed by atoms with van der Waals surface area (Å²) in [6.07, 6.45) is -5.45. The standard InChI is InChI=1S/C6H9F3O3/c1-4(11-2)3-12-5(10)6(7,8)9/h4H,3H2,1-2H3. The summed E-state index contributed by atoms with van der Waals surface area (Å²) in [5, 5.41) is 0. The van der Waals surface area contributed by atoms with E-state index in [1.165, 1.54) is 14.0 Å². The van der Waals surface area contributed by atoms with Gasteiger partial charge < -0.3 is 9.47 Å². The zero-order valence-electron chi connectivity index (χ0n) is 6.64. The summed E-state index contributed by atoms with van der Waals surface area (Å²) in [7, 11) is 1.31. The molecule has 0 aliphatic rings. The molecule has 0 aliphatic carbocycles. The lowest BCUT2D eigenvalue weighted by Gasteiger charge is -2.10. The number of rotatable bonds is 3. The van der Waals surface area contributed by atoms with Gasteiger partial charge in [0.05, 0.1) is 6.10 Å². The minimum atomic E-state index is -4.92. The summed E-state index contributed by atoms with van der Waals surface area (Å²) in [6.45, 7) is 1.10. The Morgan fingerprint density at radius 1 is 1.50 bits per heavy atom. The highest BCUT2D eigenvalue weighted by atomic mass is 19.4. The van der Waals surface area contributed by atoms with Crippen LogP contribution < -0.4 is 0 Å². The van der Waals surface area contributed by atoms with Crippen molar-refractivity contribution in [2.75, 3.05) is 13.7 Å². The van der Waals surface area contributed by atoms with Crippen LogP contribution >= 0.6 is 0 Å². The Morgan fingerprint density at radius 3 is 2.33 bits per heavy atom. The maximum Gasteiger partial charge on any atom is 0.490 e. The molecule has 0 radical (unpaired) electrons. The summed E-state index contributed by atoms with van der Waals surface area (Å²) >= 11 is 0. The van der Waals surface area contributed by atoms with Crippen molar-refractivity contribution in [1.29, 1.82) is 0 Å². The van der Waals surface area contributed by atoms with Gasteiger partial charge >= 0.3 is 12.1 Å². The number of methoxy groups -OCH3 is 1. The molecule has 0 aromatic carbocycles. The molecular weight excluding hydrogens is 177 g/mol. The molecule has 3 nitrogen and oxygen atoms in total. The van der Waals surface area contributed by atoms with Gasteiger partial charge in [-0.15, -0.1) is 0 Å². The van der Waals surface area contributed by atoms with Gasteiger partial charge in [0.1, 0.15) is 6.61 Å². The van der Waals surface area contributed by atoms with E-state index in [-0.39, 0.29) is 0 Å². The van der Waals surface area contributed by atoms with Gasteiger partial charge in [0, 0.05) is 7.11 Å². The van der Waals surface area contributed by atoms with Crippen LogP contribution in [0.4, 0.5) is 13.2 Å². The quantitative estimate of drug-likeness (QED) is 0.619. The van der Waals surface area contributed by atoms with Crippen molar-refractivity contribution in [3.05, 3.63) is 0 Å². The number of hydrogen-bond acceptors (Lipinski definition) is 3. The van der Waals surface area contributed by atoms with Crippen molar-refractivity contribution >= 4 is 5.97 Å². The van der Waals surface area contributed by atoms with Crippen molar-refractivity contribution in [2.45, 2.75) is 19.2 Å². The first-order chi connectivity index (χ1) is 5.38. The molecule has 72 valence electrons. The van der Waals surface area contributed by atoms with E-state index in [1.807, 2.05) is 0 Å². The fraction of sp³-hybridized carbons (Fsp3) is 0.833. The van der Waals surface area contributed by atoms with Crippen LogP contribution in [0.25, 0.3) is 0 Å². The molecule has 0 aromatic heterocycles. The minimum absolute atomic E-state index is 0.394. The van der Waals surface area contributed by atoms with Gasteiger partial charge in [-0.1, -0.05) is 0 Å². The van der Waals surface area contributed by atoms with Gasteiger partial charge in [-0.05, 0) is 6.92 Å². The lowest BCUT2D eigenvalue weighted by atomic mass is 10.4. The third-order valence-corrected chi connectivity index (χ3v) is 1.08. The van der Waals surface area contributed by atoms with Crippen LogP contribution in [-0.4, -0.2) is 32.0 Å². The Morgan fingerprint density at radius 2 is 2.00 bits per heavy atom. The summed E-state index contributed by atoms with van der Waals surface area (Å²) in [5.74, 6) is -2.19. The second kappa shape index (κ2) is 4.30. The number of ether oxygens (including phenoxy) is 2. The Balaban J connectivity index is 3.73. The lowest BCUT2D eigenvalue weighted by molar-refractivity contribution is -0.202. The normalized spacial score (nSPS) is 14.1. The molecule has 12 heavy (non-hydrogen) atoms. The topological polar surface area (TPSA) is 35.5 Å². The van der Waals surface area contributed by atoms with Crippen molar-refractivity contribution in [1.82, 2.24) is 0 Å². The second-order valence-corrected chi connectivity index (χ2v) is 2.14. The van der Waals surface area contributed by atoms with Crippen LogP contribution in [0.3, 0.4) is 0 Å². The maximum absolute atomic E-state index is 11.5. The molecule has 0 spiro atoms. The third-order valence-electron chi connectivity index (χ3n) is 1.08. The lowest BCUT2D eigenvalue weighted by Crippen LogP contribution is -2.28. The van der Waals surface area contributed by atoms with Crippen LogP contribution in [0, 0.1) is 0 Å². The molecule has 0 amide bonds. The molecule has 6 heteroatoms. The van der Waals surface area contributed by atoms with E-state index in [4.69, 9.17) is 0 Å². The van der Waals surface area contributed by atoms with E-state index >= 15 is 0 Å². The molecule has 0 aliphatic heterocycles. The molecule has 0 fully saturated rings. The average Bonchev–Trinajstić information content (AvgIpc) is 1.97. The summed E-state index contributed by atoms with van der Waals surface area (Å²) in [6, 6.07) is 0. The zero-order chi connectivity index (χ0) is 9.78. The van der Waals surface area contributed by atoms with Crippen LogP contribution in [-0.2, 0) is 14.3 Å². The highest BCUT2D eigenvalue weighted by Crippen LogP contribution is 2.16. The van der Waals surface area contributed by atoms with Gasteiger partial charge in [-0.2, -0.15) is 13.2 Å². The van der Waals surface area contributed by atoms with Crippen LogP contribution in [0.5, 0.6) is 0 Å². The van der Waals surface area contributed by atoms with E-state index in [2.05, 4.69) is 9.47 Å². The predicted molar refractivity (Wildman–Crippen MR) is 33.5 cm³/mol. The zero-order valence-corrected chi connectivity index (χ0v) is 6.64. The molecule has 0 N–H and O–H groups in total. The third kappa shape index (κ3) is 4.17. The largest absolute Gasteiger partial charge is 0.490 e. The fourth-order valence-electron chi connectivity index (χ4n) is 0.343. The molecule has 0 saturated heterocycles. The fourth-order valence-corrected chi connectivity index (χ4v) is 0.343. The van der Waals surface area contributed by atoms with Gasteiger partial charge in [-0.3, -0.25) is 0 Å². The Hall–Kier alpha value is -0.780. The molecule has 0 bridgehead atoms. The smallest absolute Gasteiger partial charge is 0.456 e. The monoisotopic (exact) mass is 186 g/mol. The predicted octanol–water partition coefficient (Wildman–Crippen LogP) is 1.13. The first-order valence-corrected chi connectivity index (χ1v) is 3.14. The maximum atomic E-state index is 11.5. The highest BCUT2D eigenvalue weighted by molar-refractivity contribution is 5.75. The molecule has 1 unspecified atom stereocenters. The van der Waals surface area contributed by atoms with Crippen molar-refractivity contribution in [3.8, 4) is 0 Å². The van der Waals surface area contributed by atoms with Crippen molar-refractivity contribution in [2.24, 2.45) is 0 Å². The van der Waals surface area contributed by atoms with E-state index in [9.17, 15) is 18.0 Å². The highest BCUT2D eigenvalue weighted by Gasteiger charge is 2.41. The molecule has 0 saturated carbocycles. The van der Waals surface area contributed by atoms with E-state index in [1.54, 1.807) is 0 Å². The van der Waals surface area contributed by atoms with Gasteiger partial charge in [0.15, 0.2) is 0 Å². The average molecular weight is 186 g/mol. The number of halogens is 3. The van der Waals surface area contributed by atoms with Crippen molar-refractivity contribution in [3.63, 3.8) is 0 Å². The molecule has 0 aromatic rings. The van der Waals surface area contributed by atoms with Crippen LogP contribution in [0.1, 0.15) is 6.92 Å². The number of esters is 1. The van der Waals surface area contributed by atoms with Crippen LogP contribution in [0.2, 0.25) is 0 Å². The Bertz CT molecular complexity index is 155. The van der Waals surface area contributed by atoms with E-state index in [0.717, 1.165) is 0 Å². The summed E-state index contributed by atoms with van der Waals surface area (Å²) in [5.41, 5.74) is 0. The number of hydrogen-bond donors (Lipinski definition) is 0. The van der Waals surface area contributed by atoms with E-state index < -0.39 is 24.9 Å². The second-order valence-electron chi connectivity index (χ2n) is 2.14. The van der Waals surface area contributed by atoms with Gasteiger partial charge in [0.2, 0.25) is 0 Å².